The average Bonchev–Trinajstić information content (AvgIpc) is 2.88. The topological polar surface area (TPSA) is 59.8 Å². The van der Waals surface area contributed by atoms with Gasteiger partial charge in [0.2, 0.25) is 0 Å². The Balaban J connectivity index is 1.67. The van der Waals surface area contributed by atoms with Gasteiger partial charge in [0, 0.05) is 11.1 Å². The maximum atomic E-state index is 12.3. The van der Waals surface area contributed by atoms with Gasteiger partial charge in [-0.1, -0.05) is 42.5 Å². The second-order valence-electron chi connectivity index (χ2n) is 5.69. The van der Waals surface area contributed by atoms with Crippen LogP contribution in [0.5, 0.6) is 0 Å². The molecule has 5 nitrogen and oxygen atoms in total. The van der Waals surface area contributed by atoms with Crippen LogP contribution in [0.15, 0.2) is 30.5 Å². The lowest BCUT2D eigenvalue weighted by Gasteiger charge is -2.14. The quantitative estimate of drug-likeness (QED) is 0.883. The zero-order valence-corrected chi connectivity index (χ0v) is 13.1. The van der Waals surface area contributed by atoms with Gasteiger partial charge in [-0.3, -0.25) is 4.79 Å². The molecule has 1 aliphatic carbocycles. The number of amides is 1. The standard InChI is InChI=1S/C16H19ClN4O/c17-12-7-9-14(10-8-12)21-11-15(19-20-21)16(22)18-13-5-3-1-2-4-6-13/h7-11,13H,1-6H2,(H,18,22). The van der Waals surface area contributed by atoms with Crippen LogP contribution in [0.1, 0.15) is 49.0 Å². The van der Waals surface area contributed by atoms with Gasteiger partial charge in [-0.25, -0.2) is 4.68 Å². The summed E-state index contributed by atoms with van der Waals surface area (Å²) in [5.74, 6) is -0.146. The van der Waals surface area contributed by atoms with Crippen molar-refractivity contribution in [3.8, 4) is 5.69 Å². The van der Waals surface area contributed by atoms with Gasteiger partial charge in [0.15, 0.2) is 5.69 Å². The normalized spacial score (nSPS) is 16.2. The van der Waals surface area contributed by atoms with Crippen LogP contribution in [-0.4, -0.2) is 26.9 Å². The minimum atomic E-state index is -0.146. The third-order valence-electron chi connectivity index (χ3n) is 4.01. The van der Waals surface area contributed by atoms with E-state index in [1.54, 1.807) is 23.0 Å². The Hall–Kier alpha value is -1.88. The van der Waals surface area contributed by atoms with Gasteiger partial charge in [0.1, 0.15) is 0 Å². The van der Waals surface area contributed by atoms with Gasteiger partial charge in [-0.15, -0.1) is 5.10 Å². The highest BCUT2D eigenvalue weighted by Gasteiger charge is 2.18. The molecule has 1 heterocycles. The van der Waals surface area contributed by atoms with Crippen molar-refractivity contribution < 1.29 is 4.79 Å². The fourth-order valence-corrected chi connectivity index (χ4v) is 2.90. The number of halogens is 1. The third kappa shape index (κ3) is 3.65. The highest BCUT2D eigenvalue weighted by atomic mass is 35.5. The first kappa shape index (κ1) is 15.0. The Kier molecular flexibility index (Phi) is 4.73. The van der Waals surface area contributed by atoms with Crippen LogP contribution in [0, 0.1) is 0 Å². The molecule has 2 aromatic rings. The molecular formula is C16H19ClN4O. The van der Waals surface area contributed by atoms with Crippen LogP contribution in [0.3, 0.4) is 0 Å². The summed E-state index contributed by atoms with van der Waals surface area (Å²) in [6.07, 6.45) is 8.65. The van der Waals surface area contributed by atoms with Gasteiger partial charge in [0.25, 0.3) is 5.91 Å². The Labute approximate surface area is 134 Å². The van der Waals surface area contributed by atoms with E-state index in [2.05, 4.69) is 15.6 Å². The van der Waals surface area contributed by atoms with Crippen LogP contribution >= 0.6 is 11.6 Å². The molecule has 22 heavy (non-hydrogen) atoms. The maximum absolute atomic E-state index is 12.3. The first-order valence-electron chi connectivity index (χ1n) is 7.71. The summed E-state index contributed by atoms with van der Waals surface area (Å²) in [6, 6.07) is 7.50. The van der Waals surface area contributed by atoms with Gasteiger partial charge < -0.3 is 5.32 Å². The highest BCUT2D eigenvalue weighted by Crippen LogP contribution is 2.17. The van der Waals surface area contributed by atoms with Gasteiger partial charge in [-0.2, -0.15) is 0 Å². The molecule has 1 fully saturated rings. The monoisotopic (exact) mass is 318 g/mol. The Bertz CT molecular complexity index is 630. The maximum Gasteiger partial charge on any atom is 0.273 e. The van der Waals surface area contributed by atoms with E-state index >= 15 is 0 Å². The molecule has 6 heteroatoms. The average molecular weight is 319 g/mol. The van der Waals surface area contributed by atoms with E-state index in [4.69, 9.17) is 11.6 Å². The van der Waals surface area contributed by atoms with Gasteiger partial charge >= 0.3 is 0 Å². The minimum absolute atomic E-state index is 0.146. The van der Waals surface area contributed by atoms with E-state index < -0.39 is 0 Å². The molecule has 1 aromatic carbocycles. The van der Waals surface area contributed by atoms with E-state index in [9.17, 15) is 4.79 Å². The Morgan fingerprint density at radius 1 is 1.14 bits per heavy atom. The first-order valence-corrected chi connectivity index (χ1v) is 8.09. The SMILES string of the molecule is O=C(NC1CCCCCC1)c1cn(-c2ccc(Cl)cc2)nn1. The summed E-state index contributed by atoms with van der Waals surface area (Å²) in [4.78, 5) is 12.3. The summed E-state index contributed by atoms with van der Waals surface area (Å²) in [5, 5.41) is 11.7. The van der Waals surface area contributed by atoms with Crippen LogP contribution in [0.2, 0.25) is 5.02 Å². The summed E-state index contributed by atoms with van der Waals surface area (Å²) in [7, 11) is 0. The Morgan fingerprint density at radius 2 is 1.82 bits per heavy atom. The fraction of sp³-hybridized carbons (Fsp3) is 0.438. The number of nitrogens with zero attached hydrogens (tertiary/aromatic N) is 3. The van der Waals surface area contributed by atoms with E-state index in [-0.39, 0.29) is 11.9 Å². The lowest BCUT2D eigenvalue weighted by Crippen LogP contribution is -2.34. The molecule has 0 radical (unpaired) electrons. The summed E-state index contributed by atoms with van der Waals surface area (Å²) in [6.45, 7) is 0. The number of hydrogen-bond acceptors (Lipinski definition) is 3. The van der Waals surface area contributed by atoms with Crippen molar-refractivity contribution in [1.82, 2.24) is 20.3 Å². The minimum Gasteiger partial charge on any atom is -0.348 e. The van der Waals surface area contributed by atoms with Crippen LogP contribution in [-0.2, 0) is 0 Å². The Morgan fingerprint density at radius 3 is 2.50 bits per heavy atom. The molecule has 1 aliphatic rings. The molecule has 1 saturated carbocycles. The molecule has 0 bridgehead atoms. The number of rotatable bonds is 3. The number of carbonyl (C=O) groups excluding carboxylic acids is 1. The number of aromatic nitrogens is 3. The molecule has 0 aliphatic heterocycles. The predicted molar refractivity (Wildman–Crippen MR) is 85.3 cm³/mol. The molecule has 0 saturated heterocycles. The predicted octanol–water partition coefficient (Wildman–Crippen LogP) is 3.37. The molecule has 1 aromatic heterocycles. The van der Waals surface area contributed by atoms with E-state index in [1.165, 1.54) is 25.7 Å². The molecule has 116 valence electrons. The lowest BCUT2D eigenvalue weighted by molar-refractivity contribution is 0.0928. The van der Waals surface area contributed by atoms with Crippen molar-refractivity contribution in [2.24, 2.45) is 0 Å². The van der Waals surface area contributed by atoms with E-state index in [0.717, 1.165) is 18.5 Å². The zero-order chi connectivity index (χ0) is 15.4. The molecule has 0 atom stereocenters. The number of hydrogen-bond donors (Lipinski definition) is 1. The number of carbonyl (C=O) groups is 1. The van der Waals surface area contributed by atoms with E-state index in [1.807, 2.05) is 12.1 Å². The smallest absolute Gasteiger partial charge is 0.273 e. The molecule has 3 rings (SSSR count). The molecular weight excluding hydrogens is 300 g/mol. The second kappa shape index (κ2) is 6.92. The first-order chi connectivity index (χ1) is 10.7. The zero-order valence-electron chi connectivity index (χ0n) is 12.3. The van der Waals surface area contributed by atoms with E-state index in [0.29, 0.717) is 10.7 Å². The lowest BCUT2D eigenvalue weighted by atomic mass is 10.1. The largest absolute Gasteiger partial charge is 0.348 e. The summed E-state index contributed by atoms with van der Waals surface area (Å²) in [5.41, 5.74) is 1.17. The van der Waals surface area contributed by atoms with Crippen LogP contribution in [0.4, 0.5) is 0 Å². The van der Waals surface area contributed by atoms with Crippen molar-refractivity contribution in [2.45, 2.75) is 44.6 Å². The fourth-order valence-electron chi connectivity index (χ4n) is 2.77. The van der Waals surface area contributed by atoms with Crippen LogP contribution < -0.4 is 5.32 Å². The number of nitrogens with one attached hydrogen (secondary N) is 1. The summed E-state index contributed by atoms with van der Waals surface area (Å²) >= 11 is 5.87. The number of benzene rings is 1. The molecule has 0 spiro atoms. The molecule has 0 unspecified atom stereocenters. The van der Waals surface area contributed by atoms with Crippen LogP contribution in [0.25, 0.3) is 5.69 Å². The third-order valence-corrected chi connectivity index (χ3v) is 4.26. The van der Waals surface area contributed by atoms with Crippen molar-refractivity contribution in [2.75, 3.05) is 0 Å². The molecule has 1 N–H and O–H groups in total. The highest BCUT2D eigenvalue weighted by molar-refractivity contribution is 6.30. The van der Waals surface area contributed by atoms with Gasteiger partial charge in [-0.05, 0) is 37.1 Å². The second-order valence-corrected chi connectivity index (χ2v) is 6.12. The molecule has 1 amide bonds. The summed E-state index contributed by atoms with van der Waals surface area (Å²) < 4.78 is 1.58. The van der Waals surface area contributed by atoms with Crippen molar-refractivity contribution in [3.05, 3.63) is 41.2 Å². The van der Waals surface area contributed by atoms with Crippen molar-refractivity contribution >= 4 is 17.5 Å². The van der Waals surface area contributed by atoms with Crippen molar-refractivity contribution in [1.29, 1.82) is 0 Å². The van der Waals surface area contributed by atoms with Crippen molar-refractivity contribution in [3.63, 3.8) is 0 Å². The van der Waals surface area contributed by atoms with Gasteiger partial charge in [0.05, 0.1) is 11.9 Å².